The second-order valence-corrected chi connectivity index (χ2v) is 9.59. The third-order valence-electron chi connectivity index (χ3n) is 7.37. The Kier molecular flexibility index (Phi) is 8.59. The topological polar surface area (TPSA) is 34.6 Å². The lowest BCUT2D eigenvalue weighted by Gasteiger charge is -2.34. The maximum absolute atomic E-state index is 6.33. The zero-order chi connectivity index (χ0) is 24.8. The largest absolute Gasteiger partial charge is 0.491 e. The fourth-order valence-corrected chi connectivity index (χ4v) is 5.47. The highest BCUT2D eigenvalue weighted by molar-refractivity contribution is 5.70. The van der Waals surface area contributed by atoms with Crippen LogP contribution in [-0.2, 0) is 30.5 Å². The second-order valence-electron chi connectivity index (χ2n) is 9.59. The molecule has 4 nitrogen and oxygen atoms in total. The minimum Gasteiger partial charge on any atom is -0.491 e. The third-order valence-corrected chi connectivity index (χ3v) is 7.37. The van der Waals surface area contributed by atoms with Crippen LogP contribution in [0.5, 0.6) is 5.75 Å². The van der Waals surface area contributed by atoms with E-state index < -0.39 is 0 Å². The summed E-state index contributed by atoms with van der Waals surface area (Å²) in [6.45, 7) is 8.45. The van der Waals surface area contributed by atoms with Crippen molar-refractivity contribution in [1.29, 1.82) is 0 Å². The highest BCUT2D eigenvalue weighted by atomic mass is 16.5. The molecule has 0 radical (unpaired) electrons. The van der Waals surface area contributed by atoms with Crippen LogP contribution in [0.2, 0.25) is 0 Å². The Bertz CT molecular complexity index is 1120. The maximum atomic E-state index is 6.33. The van der Waals surface area contributed by atoms with Gasteiger partial charge < -0.3 is 9.47 Å². The fourth-order valence-electron chi connectivity index (χ4n) is 5.47. The first-order valence-corrected chi connectivity index (χ1v) is 13.1. The molecule has 0 fully saturated rings. The Labute approximate surface area is 211 Å². The van der Waals surface area contributed by atoms with Crippen LogP contribution >= 0.6 is 0 Å². The quantitative estimate of drug-likeness (QED) is 0.307. The summed E-state index contributed by atoms with van der Waals surface area (Å²) in [5.41, 5.74) is 10.1. The normalized spacial score (nSPS) is 15.3. The molecule has 1 aliphatic carbocycles. The van der Waals surface area contributed by atoms with Crippen molar-refractivity contribution >= 4 is 0 Å². The molecule has 0 saturated heterocycles. The van der Waals surface area contributed by atoms with Gasteiger partial charge in [-0.15, -0.1) is 0 Å². The third kappa shape index (κ3) is 5.60. The molecule has 0 saturated carbocycles. The lowest BCUT2D eigenvalue weighted by Crippen LogP contribution is -2.28. The summed E-state index contributed by atoms with van der Waals surface area (Å²) >= 11 is 0. The molecule has 186 valence electrons. The summed E-state index contributed by atoms with van der Waals surface area (Å²) in [6, 6.07) is 18.1. The van der Waals surface area contributed by atoms with Crippen LogP contribution in [0.1, 0.15) is 66.2 Å². The molecule has 1 unspecified atom stereocenters. The minimum absolute atomic E-state index is 0.415. The number of aromatic nitrogens is 1. The number of hydrogen-bond donors (Lipinski definition) is 0. The van der Waals surface area contributed by atoms with Gasteiger partial charge in [-0.05, 0) is 68.3 Å². The molecule has 0 spiro atoms. The summed E-state index contributed by atoms with van der Waals surface area (Å²) in [5.74, 6) is 0.924. The van der Waals surface area contributed by atoms with E-state index in [4.69, 9.17) is 14.5 Å². The van der Waals surface area contributed by atoms with Gasteiger partial charge in [-0.3, -0.25) is 9.88 Å². The molecule has 0 amide bonds. The van der Waals surface area contributed by atoms with E-state index >= 15 is 0 Å². The Hall–Kier alpha value is -2.69. The zero-order valence-corrected chi connectivity index (χ0v) is 22.1. The fraction of sp³-hybridized carbons (Fsp3) is 0.452. The average Bonchev–Trinajstić information content (AvgIpc) is 2.89. The van der Waals surface area contributed by atoms with Gasteiger partial charge in [0.25, 0.3) is 0 Å². The van der Waals surface area contributed by atoms with Gasteiger partial charge in [0.1, 0.15) is 12.4 Å². The van der Waals surface area contributed by atoms with E-state index in [2.05, 4.69) is 81.2 Å². The van der Waals surface area contributed by atoms with E-state index in [0.29, 0.717) is 19.3 Å². The monoisotopic (exact) mass is 472 g/mol. The second kappa shape index (κ2) is 11.8. The van der Waals surface area contributed by atoms with Crippen molar-refractivity contribution in [3.05, 3.63) is 82.0 Å². The lowest BCUT2D eigenvalue weighted by atomic mass is 9.87. The number of fused-ring (bicyclic) bond motifs is 1. The van der Waals surface area contributed by atoms with Gasteiger partial charge in [0.15, 0.2) is 0 Å². The van der Waals surface area contributed by atoms with Crippen LogP contribution < -0.4 is 4.74 Å². The van der Waals surface area contributed by atoms with Crippen LogP contribution in [0.4, 0.5) is 0 Å². The predicted octanol–water partition coefficient (Wildman–Crippen LogP) is 6.72. The number of ether oxygens (including phenoxy) is 2. The van der Waals surface area contributed by atoms with Crippen molar-refractivity contribution < 1.29 is 9.47 Å². The van der Waals surface area contributed by atoms with E-state index in [1.165, 1.54) is 52.6 Å². The van der Waals surface area contributed by atoms with Crippen LogP contribution in [0.3, 0.4) is 0 Å². The van der Waals surface area contributed by atoms with Crippen molar-refractivity contribution in [3.8, 4) is 17.0 Å². The summed E-state index contributed by atoms with van der Waals surface area (Å²) in [7, 11) is 3.95. The Balaban J connectivity index is 1.71. The molecule has 3 aromatic rings. The van der Waals surface area contributed by atoms with Crippen LogP contribution in [0.25, 0.3) is 11.3 Å². The highest BCUT2D eigenvalue weighted by Gasteiger charge is 2.25. The molecule has 0 bridgehead atoms. The summed E-state index contributed by atoms with van der Waals surface area (Å²) in [6.07, 6.45) is 5.55. The molecule has 1 atom stereocenters. The van der Waals surface area contributed by atoms with Crippen molar-refractivity contribution in [3.63, 3.8) is 0 Å². The van der Waals surface area contributed by atoms with Gasteiger partial charge in [0.05, 0.1) is 12.3 Å². The number of hydrogen-bond acceptors (Lipinski definition) is 4. The molecule has 1 aromatic heterocycles. The van der Waals surface area contributed by atoms with Gasteiger partial charge in [-0.1, -0.05) is 56.3 Å². The van der Waals surface area contributed by atoms with Gasteiger partial charge in [0.2, 0.25) is 0 Å². The predicted molar refractivity (Wildman–Crippen MR) is 144 cm³/mol. The SMILES string of the molecule is CCc1cccc(CC)c1-c1cc(OCCOC)c(CN(C)C2CCCc3ccccc32)c(C)n1. The minimum atomic E-state index is 0.415. The Morgan fingerprint density at radius 3 is 2.46 bits per heavy atom. The lowest BCUT2D eigenvalue weighted by molar-refractivity contribution is 0.144. The van der Waals surface area contributed by atoms with E-state index in [-0.39, 0.29) is 0 Å². The van der Waals surface area contributed by atoms with Crippen molar-refractivity contribution in [2.24, 2.45) is 0 Å². The molecule has 4 heteroatoms. The highest BCUT2D eigenvalue weighted by Crippen LogP contribution is 2.37. The zero-order valence-electron chi connectivity index (χ0n) is 22.1. The summed E-state index contributed by atoms with van der Waals surface area (Å²) in [4.78, 5) is 7.63. The summed E-state index contributed by atoms with van der Waals surface area (Å²) < 4.78 is 11.6. The number of pyridine rings is 1. The van der Waals surface area contributed by atoms with E-state index in [1.54, 1.807) is 7.11 Å². The molecule has 0 N–H and O–H groups in total. The number of aryl methyl sites for hydroxylation is 4. The van der Waals surface area contributed by atoms with E-state index in [1.807, 2.05) is 0 Å². The first-order chi connectivity index (χ1) is 17.1. The Morgan fingerprint density at radius 1 is 1.00 bits per heavy atom. The number of nitrogens with zero attached hydrogens (tertiary/aromatic N) is 2. The van der Waals surface area contributed by atoms with Crippen molar-refractivity contribution in [2.45, 2.75) is 65.5 Å². The van der Waals surface area contributed by atoms with Gasteiger partial charge in [-0.25, -0.2) is 0 Å². The Morgan fingerprint density at radius 2 is 1.74 bits per heavy atom. The van der Waals surface area contributed by atoms with Crippen molar-refractivity contribution in [1.82, 2.24) is 9.88 Å². The number of benzene rings is 2. The van der Waals surface area contributed by atoms with Gasteiger partial charge in [-0.2, -0.15) is 0 Å². The standard InChI is InChI=1S/C31H40N2O2/c1-6-23-13-10-14-24(7-2)31(23)28-20-30(35-19-18-34-5)27(22(3)32-28)21-33(4)29-17-11-15-25-12-8-9-16-26(25)29/h8-10,12-14,16,20,29H,6-7,11,15,17-19,21H2,1-5H3. The molecule has 35 heavy (non-hydrogen) atoms. The maximum Gasteiger partial charge on any atom is 0.127 e. The van der Waals surface area contributed by atoms with Crippen LogP contribution in [0.15, 0.2) is 48.5 Å². The van der Waals surface area contributed by atoms with E-state index in [0.717, 1.165) is 36.5 Å². The number of methoxy groups -OCH3 is 1. The first kappa shape index (κ1) is 25.4. The van der Waals surface area contributed by atoms with Crippen LogP contribution in [-0.4, -0.2) is 37.3 Å². The van der Waals surface area contributed by atoms with Crippen LogP contribution in [0, 0.1) is 6.92 Å². The smallest absolute Gasteiger partial charge is 0.127 e. The van der Waals surface area contributed by atoms with Gasteiger partial charge in [0, 0.05) is 42.6 Å². The molecular weight excluding hydrogens is 432 g/mol. The molecule has 4 rings (SSSR count). The molecule has 1 aliphatic rings. The molecule has 2 aromatic carbocycles. The molecular formula is C31H40N2O2. The van der Waals surface area contributed by atoms with Gasteiger partial charge >= 0.3 is 0 Å². The molecule has 0 aliphatic heterocycles. The average molecular weight is 473 g/mol. The first-order valence-electron chi connectivity index (χ1n) is 13.1. The number of rotatable bonds is 10. The van der Waals surface area contributed by atoms with E-state index in [9.17, 15) is 0 Å². The summed E-state index contributed by atoms with van der Waals surface area (Å²) in [5, 5.41) is 0. The van der Waals surface area contributed by atoms with Crippen molar-refractivity contribution in [2.75, 3.05) is 27.4 Å². The molecule has 1 heterocycles.